The molecule has 256 valence electrons. The van der Waals surface area contributed by atoms with E-state index < -0.39 is 0 Å². The SMILES string of the molecule is CCCCCCCCCCCCCCCCCCCC/C=C/C(=Nc1ccccc1)C(CCCCCCCC)=Nc1ccccc1. The van der Waals surface area contributed by atoms with Crippen LogP contribution in [0.4, 0.5) is 11.4 Å². The molecule has 2 heteroatoms. The molecule has 0 aliphatic heterocycles. The van der Waals surface area contributed by atoms with Crippen LogP contribution in [0.5, 0.6) is 0 Å². The van der Waals surface area contributed by atoms with Crippen LogP contribution in [-0.4, -0.2) is 11.4 Å². The van der Waals surface area contributed by atoms with Gasteiger partial charge in [0.05, 0.1) is 22.8 Å². The molecule has 0 atom stereocenters. The van der Waals surface area contributed by atoms with Gasteiger partial charge < -0.3 is 0 Å². The Kier molecular flexibility index (Phi) is 25.8. The Hall–Kier alpha value is -2.48. The van der Waals surface area contributed by atoms with Crippen molar-refractivity contribution in [1.29, 1.82) is 0 Å². The minimum Gasteiger partial charge on any atom is -0.251 e. The maximum atomic E-state index is 5.13. The standard InChI is InChI=1S/C44H70N2/c1-3-5-7-9-11-12-13-14-15-16-17-18-19-20-21-22-23-24-26-34-40-44(46-42-37-31-28-32-38-42)43(39-33-25-10-8-6-4-2)45-41-35-29-27-30-36-41/h27-32,34-38,40H,3-26,33,39H2,1-2H3/b40-34+,45-43?,46-44?. The fraction of sp³-hybridized carbons (Fsp3) is 0.636. The first kappa shape index (κ1) is 39.7. The van der Waals surface area contributed by atoms with Gasteiger partial charge in [-0.2, -0.15) is 0 Å². The first-order chi connectivity index (χ1) is 22.8. The highest BCUT2D eigenvalue weighted by molar-refractivity contribution is 6.47. The summed E-state index contributed by atoms with van der Waals surface area (Å²) in [7, 11) is 0. The highest BCUT2D eigenvalue weighted by atomic mass is 14.8. The first-order valence-electron chi connectivity index (χ1n) is 19.8. The number of rotatable bonds is 30. The highest BCUT2D eigenvalue weighted by Gasteiger charge is 2.08. The Morgan fingerprint density at radius 1 is 0.435 bits per heavy atom. The van der Waals surface area contributed by atoms with Crippen LogP contribution in [0.15, 0.2) is 82.8 Å². The normalized spacial score (nSPS) is 12.4. The van der Waals surface area contributed by atoms with Crippen molar-refractivity contribution < 1.29 is 0 Å². The number of hydrogen-bond donors (Lipinski definition) is 0. The molecule has 0 bridgehead atoms. The molecule has 0 fully saturated rings. The van der Waals surface area contributed by atoms with E-state index in [1.54, 1.807) is 0 Å². The molecule has 0 aliphatic carbocycles. The molecule has 0 saturated carbocycles. The van der Waals surface area contributed by atoms with E-state index >= 15 is 0 Å². The topological polar surface area (TPSA) is 24.7 Å². The zero-order chi connectivity index (χ0) is 32.6. The zero-order valence-corrected chi connectivity index (χ0v) is 30.2. The molecule has 0 amide bonds. The molecule has 2 rings (SSSR count). The quantitative estimate of drug-likeness (QED) is 0.0609. The summed E-state index contributed by atoms with van der Waals surface area (Å²) in [6.07, 6.45) is 39.9. The van der Waals surface area contributed by atoms with E-state index in [4.69, 9.17) is 9.98 Å². The van der Waals surface area contributed by atoms with Gasteiger partial charge in [-0.3, -0.25) is 4.99 Å². The van der Waals surface area contributed by atoms with Crippen molar-refractivity contribution in [3.63, 3.8) is 0 Å². The smallest absolute Gasteiger partial charge is 0.0848 e. The monoisotopic (exact) mass is 627 g/mol. The number of hydrogen-bond acceptors (Lipinski definition) is 2. The third-order valence-corrected chi connectivity index (χ3v) is 9.09. The Bertz CT molecular complexity index is 1020. The third kappa shape index (κ3) is 22.1. The summed E-state index contributed by atoms with van der Waals surface area (Å²) in [6, 6.07) is 20.8. The maximum absolute atomic E-state index is 5.13. The van der Waals surface area contributed by atoms with Gasteiger partial charge in [-0.15, -0.1) is 0 Å². The summed E-state index contributed by atoms with van der Waals surface area (Å²) in [5.74, 6) is 0. The number of allylic oxidation sites excluding steroid dienone is 2. The number of aliphatic imine (C=N–C) groups is 2. The van der Waals surface area contributed by atoms with E-state index in [9.17, 15) is 0 Å². The van der Waals surface area contributed by atoms with Gasteiger partial charge in [0.2, 0.25) is 0 Å². The summed E-state index contributed by atoms with van der Waals surface area (Å²) < 4.78 is 0. The van der Waals surface area contributed by atoms with Gasteiger partial charge in [0.25, 0.3) is 0 Å². The molecule has 46 heavy (non-hydrogen) atoms. The van der Waals surface area contributed by atoms with Crippen LogP contribution in [0.3, 0.4) is 0 Å². The third-order valence-electron chi connectivity index (χ3n) is 9.09. The second-order valence-corrected chi connectivity index (χ2v) is 13.4. The molecular formula is C44H70N2. The summed E-state index contributed by atoms with van der Waals surface area (Å²) in [5.41, 5.74) is 4.14. The zero-order valence-electron chi connectivity index (χ0n) is 30.2. The molecule has 0 heterocycles. The van der Waals surface area contributed by atoms with Crippen LogP contribution in [0.1, 0.15) is 181 Å². The van der Waals surface area contributed by atoms with Crippen molar-refractivity contribution in [2.24, 2.45) is 9.98 Å². The van der Waals surface area contributed by atoms with Crippen LogP contribution in [0.25, 0.3) is 0 Å². The fourth-order valence-corrected chi connectivity index (χ4v) is 6.17. The van der Waals surface area contributed by atoms with Gasteiger partial charge in [-0.1, -0.05) is 198 Å². The minimum atomic E-state index is 0.968. The second kappa shape index (κ2) is 29.9. The van der Waals surface area contributed by atoms with Gasteiger partial charge in [0, 0.05) is 0 Å². The van der Waals surface area contributed by atoms with E-state index in [1.807, 2.05) is 0 Å². The molecule has 0 aliphatic rings. The number of nitrogens with zero attached hydrogens (tertiary/aromatic N) is 2. The number of unbranched alkanes of at least 4 members (excludes halogenated alkanes) is 23. The van der Waals surface area contributed by atoms with E-state index in [-0.39, 0.29) is 0 Å². The maximum Gasteiger partial charge on any atom is 0.0848 e. The first-order valence-corrected chi connectivity index (χ1v) is 19.8. The summed E-state index contributed by atoms with van der Waals surface area (Å²) in [6.45, 7) is 4.58. The second-order valence-electron chi connectivity index (χ2n) is 13.4. The predicted molar refractivity (Wildman–Crippen MR) is 208 cm³/mol. The van der Waals surface area contributed by atoms with Crippen LogP contribution in [-0.2, 0) is 0 Å². The van der Waals surface area contributed by atoms with Crippen molar-refractivity contribution >= 4 is 22.8 Å². The van der Waals surface area contributed by atoms with E-state index in [2.05, 4.69) is 86.7 Å². The highest BCUT2D eigenvalue weighted by Crippen LogP contribution is 2.19. The minimum absolute atomic E-state index is 0.968. The van der Waals surface area contributed by atoms with E-state index in [1.165, 1.54) is 148 Å². The number of para-hydroxylation sites is 2. The van der Waals surface area contributed by atoms with Crippen molar-refractivity contribution in [1.82, 2.24) is 0 Å². The van der Waals surface area contributed by atoms with E-state index in [0.717, 1.165) is 42.1 Å². The largest absolute Gasteiger partial charge is 0.251 e. The van der Waals surface area contributed by atoms with Crippen molar-refractivity contribution in [2.45, 2.75) is 181 Å². The molecule has 0 radical (unpaired) electrons. The van der Waals surface area contributed by atoms with Gasteiger partial charge >= 0.3 is 0 Å². The lowest BCUT2D eigenvalue weighted by atomic mass is 10.0. The Morgan fingerprint density at radius 2 is 0.804 bits per heavy atom. The molecular weight excluding hydrogens is 556 g/mol. The van der Waals surface area contributed by atoms with Gasteiger partial charge in [-0.25, -0.2) is 4.99 Å². The average Bonchev–Trinajstić information content (AvgIpc) is 3.08. The van der Waals surface area contributed by atoms with Gasteiger partial charge in [0.1, 0.15) is 0 Å². The Balaban J connectivity index is 1.70. The van der Waals surface area contributed by atoms with Crippen LogP contribution in [0.2, 0.25) is 0 Å². The molecule has 2 aromatic carbocycles. The fourth-order valence-electron chi connectivity index (χ4n) is 6.17. The molecule has 2 nitrogen and oxygen atoms in total. The van der Waals surface area contributed by atoms with Gasteiger partial charge in [-0.05, 0) is 56.0 Å². The molecule has 0 N–H and O–H groups in total. The van der Waals surface area contributed by atoms with Crippen molar-refractivity contribution in [2.75, 3.05) is 0 Å². The Morgan fingerprint density at radius 3 is 1.24 bits per heavy atom. The predicted octanol–water partition coefficient (Wildman–Crippen LogP) is 15.3. The molecule has 0 spiro atoms. The molecule has 0 unspecified atom stereocenters. The van der Waals surface area contributed by atoms with Crippen LogP contribution in [0, 0.1) is 0 Å². The Labute approximate surface area is 285 Å². The molecule has 0 aromatic heterocycles. The van der Waals surface area contributed by atoms with Crippen LogP contribution >= 0.6 is 0 Å². The van der Waals surface area contributed by atoms with Crippen molar-refractivity contribution in [3.05, 3.63) is 72.8 Å². The lowest BCUT2D eigenvalue weighted by Gasteiger charge is -2.09. The van der Waals surface area contributed by atoms with E-state index in [0.29, 0.717) is 0 Å². The van der Waals surface area contributed by atoms with Crippen molar-refractivity contribution in [3.8, 4) is 0 Å². The summed E-state index contributed by atoms with van der Waals surface area (Å²) >= 11 is 0. The molecule has 2 aromatic rings. The average molecular weight is 627 g/mol. The van der Waals surface area contributed by atoms with Crippen LogP contribution < -0.4 is 0 Å². The number of benzene rings is 2. The molecule has 0 saturated heterocycles. The lowest BCUT2D eigenvalue weighted by molar-refractivity contribution is 0.525. The summed E-state index contributed by atoms with van der Waals surface area (Å²) in [4.78, 5) is 10.2. The summed E-state index contributed by atoms with van der Waals surface area (Å²) in [5, 5.41) is 0. The van der Waals surface area contributed by atoms with Gasteiger partial charge in [0.15, 0.2) is 0 Å². The lowest BCUT2D eigenvalue weighted by Crippen LogP contribution is -2.12.